The van der Waals surface area contributed by atoms with E-state index >= 15 is 0 Å². The molecule has 16 heavy (non-hydrogen) atoms. The Labute approximate surface area is 104 Å². The summed E-state index contributed by atoms with van der Waals surface area (Å²) >= 11 is 10.8. The standard InChI is InChI=1S/C10H11ClN2O2S/c1-6-2-3-7(11)4-8(6)13-10(16)12-5-9(14)15/h2-4H,5H2,1H3,(H,14,15)(H2,12,13,16). The number of hydrogen-bond acceptors (Lipinski definition) is 2. The lowest BCUT2D eigenvalue weighted by Gasteiger charge is -2.11. The summed E-state index contributed by atoms with van der Waals surface area (Å²) < 4.78 is 0. The van der Waals surface area contributed by atoms with Gasteiger partial charge in [0.15, 0.2) is 5.11 Å². The summed E-state index contributed by atoms with van der Waals surface area (Å²) in [6, 6.07) is 5.35. The van der Waals surface area contributed by atoms with Gasteiger partial charge in [0.05, 0.1) is 0 Å². The van der Waals surface area contributed by atoms with Crippen LogP contribution in [-0.2, 0) is 4.79 Å². The van der Waals surface area contributed by atoms with Crippen LogP contribution >= 0.6 is 23.8 Å². The van der Waals surface area contributed by atoms with Gasteiger partial charge in [-0.3, -0.25) is 4.79 Å². The van der Waals surface area contributed by atoms with Crippen molar-refractivity contribution in [2.45, 2.75) is 6.92 Å². The van der Waals surface area contributed by atoms with E-state index in [2.05, 4.69) is 10.6 Å². The van der Waals surface area contributed by atoms with E-state index in [4.69, 9.17) is 28.9 Å². The zero-order valence-electron chi connectivity index (χ0n) is 8.58. The number of aryl methyl sites for hydroxylation is 1. The molecule has 0 aromatic heterocycles. The van der Waals surface area contributed by atoms with E-state index in [1.807, 2.05) is 13.0 Å². The molecule has 0 radical (unpaired) electrons. The van der Waals surface area contributed by atoms with Gasteiger partial charge in [0.2, 0.25) is 0 Å². The maximum atomic E-state index is 10.3. The Morgan fingerprint density at radius 3 is 2.88 bits per heavy atom. The Kier molecular flexibility index (Phi) is 4.52. The summed E-state index contributed by atoms with van der Waals surface area (Å²) in [7, 11) is 0. The van der Waals surface area contributed by atoms with Crippen molar-refractivity contribution in [3.63, 3.8) is 0 Å². The van der Waals surface area contributed by atoms with E-state index < -0.39 is 5.97 Å². The van der Waals surface area contributed by atoms with E-state index in [9.17, 15) is 4.79 Å². The van der Waals surface area contributed by atoms with Crippen LogP contribution in [0.3, 0.4) is 0 Å². The highest BCUT2D eigenvalue weighted by Crippen LogP contribution is 2.19. The highest BCUT2D eigenvalue weighted by molar-refractivity contribution is 7.80. The Morgan fingerprint density at radius 2 is 2.25 bits per heavy atom. The van der Waals surface area contributed by atoms with Crippen LogP contribution in [0.15, 0.2) is 18.2 Å². The molecule has 4 nitrogen and oxygen atoms in total. The molecule has 1 aromatic rings. The molecular formula is C10H11ClN2O2S. The third kappa shape index (κ3) is 4.04. The van der Waals surface area contributed by atoms with Crippen LogP contribution in [0.4, 0.5) is 5.69 Å². The fraction of sp³-hybridized carbons (Fsp3) is 0.200. The highest BCUT2D eigenvalue weighted by atomic mass is 35.5. The van der Waals surface area contributed by atoms with Gasteiger partial charge in [0, 0.05) is 10.7 Å². The van der Waals surface area contributed by atoms with Crippen LogP contribution in [0.2, 0.25) is 5.02 Å². The van der Waals surface area contributed by atoms with E-state index in [1.165, 1.54) is 0 Å². The molecule has 0 aliphatic carbocycles. The molecule has 0 amide bonds. The minimum Gasteiger partial charge on any atom is -0.480 e. The predicted octanol–water partition coefficient (Wildman–Crippen LogP) is 2.02. The number of rotatable bonds is 3. The number of halogens is 1. The average Bonchev–Trinajstić information content (AvgIpc) is 2.20. The monoisotopic (exact) mass is 258 g/mol. The molecule has 0 spiro atoms. The average molecular weight is 259 g/mol. The second-order valence-corrected chi connectivity index (χ2v) is 4.01. The molecule has 1 rings (SSSR count). The lowest BCUT2D eigenvalue weighted by Crippen LogP contribution is -2.33. The van der Waals surface area contributed by atoms with Gasteiger partial charge >= 0.3 is 5.97 Å². The first-order valence-corrected chi connectivity index (χ1v) is 5.30. The minimum atomic E-state index is -0.966. The molecule has 0 saturated heterocycles. The molecule has 86 valence electrons. The number of carboxylic acids is 1. The quantitative estimate of drug-likeness (QED) is 0.724. The van der Waals surface area contributed by atoms with Crippen molar-refractivity contribution in [1.29, 1.82) is 0 Å². The van der Waals surface area contributed by atoms with E-state index in [-0.39, 0.29) is 11.7 Å². The zero-order chi connectivity index (χ0) is 12.1. The second-order valence-electron chi connectivity index (χ2n) is 3.16. The molecule has 0 aliphatic heterocycles. The number of benzene rings is 1. The predicted molar refractivity (Wildman–Crippen MR) is 68.0 cm³/mol. The van der Waals surface area contributed by atoms with Crippen LogP contribution in [-0.4, -0.2) is 22.7 Å². The highest BCUT2D eigenvalue weighted by Gasteiger charge is 2.03. The molecule has 3 N–H and O–H groups in total. The lowest BCUT2D eigenvalue weighted by atomic mass is 10.2. The molecule has 0 aliphatic rings. The first kappa shape index (κ1) is 12.7. The van der Waals surface area contributed by atoms with Crippen LogP contribution in [0, 0.1) is 6.92 Å². The number of carboxylic acid groups (broad SMARTS) is 1. The van der Waals surface area contributed by atoms with Gasteiger partial charge < -0.3 is 15.7 Å². The van der Waals surface area contributed by atoms with Crippen LogP contribution in [0.25, 0.3) is 0 Å². The Morgan fingerprint density at radius 1 is 1.56 bits per heavy atom. The topological polar surface area (TPSA) is 61.4 Å². The van der Waals surface area contributed by atoms with Gasteiger partial charge in [0.25, 0.3) is 0 Å². The molecule has 1 aromatic carbocycles. The first-order chi connectivity index (χ1) is 7.49. The summed E-state index contributed by atoms with van der Waals surface area (Å²) in [6.07, 6.45) is 0. The van der Waals surface area contributed by atoms with Crippen LogP contribution in [0.5, 0.6) is 0 Å². The van der Waals surface area contributed by atoms with Gasteiger partial charge in [-0.25, -0.2) is 0 Å². The zero-order valence-corrected chi connectivity index (χ0v) is 10.2. The van der Waals surface area contributed by atoms with Gasteiger partial charge in [0.1, 0.15) is 6.54 Å². The fourth-order valence-electron chi connectivity index (χ4n) is 1.05. The van der Waals surface area contributed by atoms with Gasteiger partial charge in [-0.05, 0) is 36.8 Å². The first-order valence-electron chi connectivity index (χ1n) is 4.52. The molecule has 0 unspecified atom stereocenters. The van der Waals surface area contributed by atoms with E-state index in [0.29, 0.717) is 5.02 Å². The van der Waals surface area contributed by atoms with Gasteiger partial charge in [-0.15, -0.1) is 0 Å². The number of anilines is 1. The molecule has 0 heterocycles. The molecule has 0 saturated carbocycles. The van der Waals surface area contributed by atoms with Crippen molar-refractivity contribution in [3.8, 4) is 0 Å². The minimum absolute atomic E-state index is 0.217. The van der Waals surface area contributed by atoms with Crippen LogP contribution < -0.4 is 10.6 Å². The van der Waals surface area contributed by atoms with Gasteiger partial charge in [-0.1, -0.05) is 17.7 Å². The van der Waals surface area contributed by atoms with Crippen molar-refractivity contribution >= 4 is 40.6 Å². The largest absolute Gasteiger partial charge is 0.480 e. The molecule has 0 bridgehead atoms. The van der Waals surface area contributed by atoms with Crippen molar-refractivity contribution in [2.24, 2.45) is 0 Å². The van der Waals surface area contributed by atoms with E-state index in [1.54, 1.807) is 12.1 Å². The lowest BCUT2D eigenvalue weighted by molar-refractivity contribution is -0.135. The van der Waals surface area contributed by atoms with Gasteiger partial charge in [-0.2, -0.15) is 0 Å². The summed E-state index contributed by atoms with van der Waals surface area (Å²) in [4.78, 5) is 10.3. The van der Waals surface area contributed by atoms with Crippen molar-refractivity contribution < 1.29 is 9.90 Å². The summed E-state index contributed by atoms with van der Waals surface area (Å²) in [5, 5.41) is 14.7. The SMILES string of the molecule is Cc1ccc(Cl)cc1NC(=S)NCC(=O)O. The molecule has 0 fully saturated rings. The summed E-state index contributed by atoms with van der Waals surface area (Å²) in [6.45, 7) is 1.68. The normalized spacial score (nSPS) is 9.62. The Bertz CT molecular complexity index is 423. The summed E-state index contributed by atoms with van der Waals surface area (Å²) in [5.41, 5.74) is 1.74. The number of aliphatic carboxylic acids is 1. The summed E-state index contributed by atoms with van der Waals surface area (Å²) in [5.74, 6) is -0.966. The van der Waals surface area contributed by atoms with Crippen LogP contribution in [0.1, 0.15) is 5.56 Å². The number of carbonyl (C=O) groups is 1. The smallest absolute Gasteiger partial charge is 0.322 e. The maximum absolute atomic E-state index is 10.3. The third-order valence-electron chi connectivity index (χ3n) is 1.85. The van der Waals surface area contributed by atoms with Crippen molar-refractivity contribution in [2.75, 3.05) is 11.9 Å². The number of thiocarbonyl (C=S) groups is 1. The molecule has 6 heteroatoms. The third-order valence-corrected chi connectivity index (χ3v) is 2.33. The number of hydrogen-bond donors (Lipinski definition) is 3. The second kappa shape index (κ2) is 5.67. The number of nitrogens with one attached hydrogen (secondary N) is 2. The maximum Gasteiger partial charge on any atom is 0.322 e. The Balaban J connectivity index is 2.62. The van der Waals surface area contributed by atoms with Crippen molar-refractivity contribution in [3.05, 3.63) is 28.8 Å². The van der Waals surface area contributed by atoms with E-state index in [0.717, 1.165) is 11.3 Å². The fourth-order valence-corrected chi connectivity index (χ4v) is 1.41. The molecular weight excluding hydrogens is 248 g/mol. The Hall–Kier alpha value is -1.33. The van der Waals surface area contributed by atoms with Crippen molar-refractivity contribution in [1.82, 2.24) is 5.32 Å². The molecule has 0 atom stereocenters.